The molecular weight excluding hydrogens is 562 g/mol. The van der Waals surface area contributed by atoms with E-state index in [0.717, 1.165) is 100.0 Å². The van der Waals surface area contributed by atoms with Crippen molar-refractivity contribution in [2.45, 2.75) is 38.0 Å². The van der Waals surface area contributed by atoms with Crippen molar-refractivity contribution in [3.8, 4) is 17.6 Å². The molecule has 1 spiro atoms. The summed E-state index contributed by atoms with van der Waals surface area (Å²) in [5.41, 5.74) is 9.00. The molecule has 3 fully saturated rings. The smallest absolute Gasteiger partial charge is 0.245 e. The molecule has 4 aliphatic rings. The number of aryl methyl sites for hydroxylation is 1. The zero-order valence-electron chi connectivity index (χ0n) is 24.8. The molecule has 0 bridgehead atoms. The quantitative estimate of drug-likeness (QED) is 0.436. The lowest BCUT2D eigenvalue weighted by Gasteiger charge is -2.47. The first-order valence-corrected chi connectivity index (χ1v) is 15.8. The first kappa shape index (κ1) is 27.9. The molecule has 3 aromatic heterocycles. The van der Waals surface area contributed by atoms with Gasteiger partial charge in [0.15, 0.2) is 0 Å². The Bertz CT molecular complexity index is 1630. The Morgan fingerprint density at radius 2 is 1.93 bits per heavy atom. The molecule has 1 atom stereocenters. The average Bonchev–Trinajstić information content (AvgIpc) is 3.74. The van der Waals surface area contributed by atoms with Crippen molar-refractivity contribution in [1.82, 2.24) is 24.9 Å². The highest BCUT2D eigenvalue weighted by atomic mass is 32.1. The summed E-state index contributed by atoms with van der Waals surface area (Å²) in [7, 11) is 2.15. The van der Waals surface area contributed by atoms with Crippen molar-refractivity contribution < 1.29 is 9.32 Å². The van der Waals surface area contributed by atoms with Gasteiger partial charge in [0.2, 0.25) is 17.6 Å². The van der Waals surface area contributed by atoms with E-state index in [9.17, 15) is 10.1 Å². The SMILES string of the molecule is C=CC(=O)N1CC2(CCN(c3cc(-c4noc(C5(C)CCCc6sc(N)c(C#N)c65)n4)nc(N4CCN(C)CC4)c3)C2)C1. The van der Waals surface area contributed by atoms with Gasteiger partial charge in [-0.05, 0) is 51.8 Å². The molecule has 224 valence electrons. The van der Waals surface area contributed by atoms with Gasteiger partial charge in [-0.25, -0.2) is 4.98 Å². The number of pyridine rings is 1. The van der Waals surface area contributed by atoms with E-state index in [1.165, 1.54) is 17.4 Å². The first-order valence-electron chi connectivity index (χ1n) is 15.0. The van der Waals surface area contributed by atoms with Crippen molar-refractivity contribution in [2.24, 2.45) is 5.41 Å². The molecule has 12 heteroatoms. The van der Waals surface area contributed by atoms with Crippen molar-refractivity contribution in [1.29, 1.82) is 5.26 Å². The predicted octanol–water partition coefficient (Wildman–Crippen LogP) is 3.27. The van der Waals surface area contributed by atoms with Crippen LogP contribution in [0.3, 0.4) is 0 Å². The van der Waals surface area contributed by atoms with Crippen LogP contribution in [0.15, 0.2) is 29.3 Å². The molecular formula is C31H37N9O2S. The highest BCUT2D eigenvalue weighted by Gasteiger charge is 2.49. The standard InChI is InChI=1S/C31H37N9O2S/c1-4-25(41)40-18-31(19-40)8-9-39(17-31)20-14-22(34-24(15-20)38-12-10-37(3)11-13-38)28-35-29(42-36-28)30(2)7-5-6-23-26(30)21(16-32)27(33)43-23/h4,14-15H,1,5-13,17-19,33H2,2-3H3. The summed E-state index contributed by atoms with van der Waals surface area (Å²) < 4.78 is 5.97. The van der Waals surface area contributed by atoms with E-state index in [-0.39, 0.29) is 11.3 Å². The number of thiophene rings is 1. The number of piperazine rings is 1. The Kier molecular flexibility index (Phi) is 6.70. The summed E-state index contributed by atoms with van der Waals surface area (Å²) in [6, 6.07) is 6.57. The number of hydrogen-bond donors (Lipinski definition) is 1. The predicted molar refractivity (Wildman–Crippen MR) is 166 cm³/mol. The summed E-state index contributed by atoms with van der Waals surface area (Å²) in [5, 5.41) is 14.9. The maximum Gasteiger partial charge on any atom is 0.245 e. The fourth-order valence-corrected chi connectivity index (χ4v) is 8.51. The molecule has 6 heterocycles. The van der Waals surface area contributed by atoms with Crippen LogP contribution in [-0.2, 0) is 16.6 Å². The summed E-state index contributed by atoms with van der Waals surface area (Å²) >= 11 is 1.50. The zero-order chi connectivity index (χ0) is 29.9. The normalized spacial score (nSPS) is 23.2. The number of nitriles is 1. The molecule has 0 aromatic carbocycles. The molecule has 1 aliphatic carbocycles. The second kappa shape index (κ2) is 10.3. The van der Waals surface area contributed by atoms with Crippen LogP contribution in [0.2, 0.25) is 0 Å². The molecule has 7 rings (SSSR count). The Morgan fingerprint density at radius 3 is 2.67 bits per heavy atom. The number of fused-ring (bicyclic) bond motifs is 1. The minimum atomic E-state index is -0.587. The van der Waals surface area contributed by atoms with Crippen LogP contribution in [0, 0.1) is 16.7 Å². The van der Waals surface area contributed by atoms with Crippen LogP contribution in [0.1, 0.15) is 48.1 Å². The van der Waals surface area contributed by atoms with Gasteiger partial charge >= 0.3 is 0 Å². The van der Waals surface area contributed by atoms with Crippen LogP contribution in [0.5, 0.6) is 0 Å². The third kappa shape index (κ3) is 4.66. The number of nitrogens with zero attached hydrogens (tertiary/aromatic N) is 8. The maximum absolute atomic E-state index is 12.1. The third-order valence-corrected chi connectivity index (χ3v) is 10.9. The minimum absolute atomic E-state index is 0.00588. The van der Waals surface area contributed by atoms with Gasteiger partial charge in [-0.15, -0.1) is 11.3 Å². The molecule has 0 radical (unpaired) electrons. The molecule has 43 heavy (non-hydrogen) atoms. The zero-order valence-corrected chi connectivity index (χ0v) is 25.6. The number of carbonyl (C=O) groups excluding carboxylic acids is 1. The van der Waals surface area contributed by atoms with Crippen LogP contribution in [0.4, 0.5) is 16.5 Å². The second-order valence-corrected chi connectivity index (χ2v) is 13.9. The van der Waals surface area contributed by atoms with E-state index < -0.39 is 5.41 Å². The fourth-order valence-electron chi connectivity index (χ4n) is 7.32. The average molecular weight is 600 g/mol. The summed E-state index contributed by atoms with van der Waals surface area (Å²) in [4.78, 5) is 32.2. The van der Waals surface area contributed by atoms with Gasteiger partial charge < -0.3 is 29.9 Å². The number of anilines is 3. The molecule has 2 N–H and O–H groups in total. The largest absolute Gasteiger partial charge is 0.389 e. The number of likely N-dealkylation sites (tertiary alicyclic amines) is 1. The summed E-state index contributed by atoms with van der Waals surface area (Å²) in [6.45, 7) is 12.8. The Labute approximate surface area is 255 Å². The van der Waals surface area contributed by atoms with Gasteiger partial charge in [0.05, 0.1) is 11.0 Å². The van der Waals surface area contributed by atoms with Crippen molar-refractivity contribution in [2.75, 3.05) is 74.9 Å². The number of nitrogen functional groups attached to an aromatic ring is 1. The van der Waals surface area contributed by atoms with Crippen LogP contribution >= 0.6 is 11.3 Å². The number of aromatic nitrogens is 3. The van der Waals surface area contributed by atoms with Crippen molar-refractivity contribution in [3.63, 3.8) is 0 Å². The molecule has 3 saturated heterocycles. The topological polar surface area (TPSA) is 132 Å². The van der Waals surface area contributed by atoms with Crippen LogP contribution < -0.4 is 15.5 Å². The number of nitrogens with two attached hydrogens (primary N) is 1. The van der Waals surface area contributed by atoms with Crippen molar-refractivity contribution in [3.05, 3.63) is 46.7 Å². The lowest BCUT2D eigenvalue weighted by atomic mass is 9.72. The van der Waals surface area contributed by atoms with E-state index in [4.69, 9.17) is 20.2 Å². The lowest BCUT2D eigenvalue weighted by Crippen LogP contribution is -2.59. The Morgan fingerprint density at radius 1 is 1.14 bits per heavy atom. The Hall–Kier alpha value is -3.95. The number of carbonyl (C=O) groups is 1. The highest BCUT2D eigenvalue weighted by Crippen LogP contribution is 2.49. The third-order valence-electron chi connectivity index (χ3n) is 9.85. The number of amides is 1. The second-order valence-electron chi connectivity index (χ2n) is 12.8. The van der Waals surface area contributed by atoms with Gasteiger partial charge in [0, 0.05) is 80.0 Å². The number of hydrogen-bond acceptors (Lipinski definition) is 11. The van der Waals surface area contributed by atoms with Gasteiger partial charge in [-0.3, -0.25) is 4.79 Å². The van der Waals surface area contributed by atoms with E-state index in [1.807, 2.05) is 4.90 Å². The summed E-state index contributed by atoms with van der Waals surface area (Å²) in [6.07, 6.45) is 5.09. The molecule has 3 aliphatic heterocycles. The van der Waals surface area contributed by atoms with E-state index in [0.29, 0.717) is 28.0 Å². The van der Waals surface area contributed by atoms with Gasteiger partial charge in [-0.1, -0.05) is 11.7 Å². The van der Waals surface area contributed by atoms with E-state index >= 15 is 0 Å². The molecule has 1 unspecified atom stereocenters. The van der Waals surface area contributed by atoms with E-state index in [2.05, 4.69) is 58.6 Å². The molecule has 3 aromatic rings. The van der Waals surface area contributed by atoms with E-state index in [1.54, 1.807) is 0 Å². The highest BCUT2D eigenvalue weighted by molar-refractivity contribution is 7.16. The van der Waals surface area contributed by atoms with Crippen molar-refractivity contribution >= 4 is 33.8 Å². The number of rotatable bonds is 5. The maximum atomic E-state index is 12.1. The molecule has 11 nitrogen and oxygen atoms in total. The van der Waals surface area contributed by atoms with Crippen LogP contribution in [-0.4, -0.2) is 90.2 Å². The summed E-state index contributed by atoms with van der Waals surface area (Å²) in [5.74, 6) is 1.86. The minimum Gasteiger partial charge on any atom is -0.389 e. The van der Waals surface area contributed by atoms with Crippen LogP contribution in [0.25, 0.3) is 11.5 Å². The monoisotopic (exact) mass is 599 g/mol. The van der Waals surface area contributed by atoms with Gasteiger partial charge in [0.25, 0.3) is 0 Å². The first-order chi connectivity index (χ1) is 20.7. The van der Waals surface area contributed by atoms with Gasteiger partial charge in [0.1, 0.15) is 22.6 Å². The Balaban J connectivity index is 1.22. The number of likely N-dealkylation sites (N-methyl/N-ethyl adjacent to an activating group) is 1. The molecule has 0 saturated carbocycles. The molecule has 1 amide bonds. The fraction of sp³-hybridized carbons (Fsp3) is 0.516. The lowest BCUT2D eigenvalue weighted by molar-refractivity contribution is -0.136. The van der Waals surface area contributed by atoms with Gasteiger partial charge in [-0.2, -0.15) is 10.2 Å².